The molecular weight excluding hydrogens is 280 g/mol. The largest absolute Gasteiger partial charge is 0.379 e. The summed E-state index contributed by atoms with van der Waals surface area (Å²) >= 11 is 0. The molecular formula is C4H14N4O11. The van der Waals surface area contributed by atoms with Gasteiger partial charge >= 0.3 is 0 Å². The van der Waals surface area contributed by atoms with Crippen LogP contribution in [-0.2, 0) is 0 Å². The molecule has 0 unspecified atom stereocenters. The summed E-state index contributed by atoms with van der Waals surface area (Å²) in [4.78, 5) is 33.2. The standard InChI is InChI=1S/C4H10.3HNO3.HNO2/c1-4(2)3;3*2-1(3)4;2-1-3/h4H,1-3H3;3*(H,2,3,4);(H,2,3). The van der Waals surface area contributed by atoms with Gasteiger partial charge in [0, 0.05) is 0 Å². The Morgan fingerprint density at radius 1 is 0.842 bits per heavy atom. The Kier molecular flexibility index (Phi) is 46.0. The predicted octanol–water partition coefficient (Wildman–Crippen LogP) is 0.761. The monoisotopic (exact) mass is 294 g/mol. The molecule has 0 aromatic carbocycles. The van der Waals surface area contributed by atoms with Crippen molar-refractivity contribution in [3.8, 4) is 0 Å². The van der Waals surface area contributed by atoms with Gasteiger partial charge in [-0.25, -0.2) is 0 Å². The third-order valence-corrected chi connectivity index (χ3v) is 0. The van der Waals surface area contributed by atoms with Crippen LogP contribution in [0.2, 0.25) is 0 Å². The Hall–Kier alpha value is -3.00. The Morgan fingerprint density at radius 2 is 0.842 bits per heavy atom. The lowest BCUT2D eigenvalue weighted by molar-refractivity contribution is -0.742. The highest BCUT2D eigenvalue weighted by molar-refractivity contribution is 4.20. The fourth-order valence-corrected chi connectivity index (χ4v) is 0. The Balaban J connectivity index is -0.0000000432. The molecule has 19 heavy (non-hydrogen) atoms. The molecule has 0 amide bonds. The second kappa shape index (κ2) is 29.4. The minimum atomic E-state index is -1.50. The van der Waals surface area contributed by atoms with E-state index < -0.39 is 15.3 Å². The molecule has 0 aliphatic carbocycles. The van der Waals surface area contributed by atoms with Gasteiger partial charge in [-0.2, -0.15) is 0 Å². The summed E-state index contributed by atoms with van der Waals surface area (Å²) in [5.41, 5.74) is 0. The summed E-state index contributed by atoms with van der Waals surface area (Å²) in [7, 11) is 0. The Labute approximate surface area is 105 Å². The highest BCUT2D eigenvalue weighted by Crippen LogP contribution is 1.81. The zero-order valence-electron chi connectivity index (χ0n) is 10.0. The normalized spacial score (nSPS) is 6.32. The van der Waals surface area contributed by atoms with E-state index >= 15 is 0 Å². The third kappa shape index (κ3) is 282. The molecule has 0 aliphatic rings. The second-order valence-corrected chi connectivity index (χ2v) is 2.53. The van der Waals surface area contributed by atoms with Gasteiger partial charge in [0.15, 0.2) is 5.34 Å². The van der Waals surface area contributed by atoms with Gasteiger partial charge in [0.2, 0.25) is 0 Å². The molecule has 0 saturated heterocycles. The van der Waals surface area contributed by atoms with E-state index in [2.05, 4.69) is 20.8 Å². The van der Waals surface area contributed by atoms with Crippen LogP contribution in [0.1, 0.15) is 20.8 Å². The average molecular weight is 294 g/mol. The summed E-state index contributed by atoms with van der Waals surface area (Å²) in [5.74, 6) is 0.833. The van der Waals surface area contributed by atoms with E-state index in [0.29, 0.717) is 0 Å². The van der Waals surface area contributed by atoms with Gasteiger partial charge in [-0.1, -0.05) is 20.8 Å². The molecule has 0 spiro atoms. The van der Waals surface area contributed by atoms with Crippen molar-refractivity contribution in [2.24, 2.45) is 11.3 Å². The quantitative estimate of drug-likeness (QED) is 0.276. The molecule has 0 aromatic rings. The van der Waals surface area contributed by atoms with E-state index in [1.165, 1.54) is 5.34 Å². The molecule has 0 saturated carbocycles. The van der Waals surface area contributed by atoms with Crippen LogP contribution < -0.4 is 0 Å². The number of rotatable bonds is 0. The number of hydrogen-bond acceptors (Lipinski definition) is 8. The second-order valence-electron chi connectivity index (χ2n) is 2.53. The summed E-state index contributed by atoms with van der Waals surface area (Å²) in [6.07, 6.45) is 0. The summed E-state index contributed by atoms with van der Waals surface area (Å²) < 4.78 is 0. The van der Waals surface area contributed by atoms with Crippen LogP contribution in [0.4, 0.5) is 0 Å². The van der Waals surface area contributed by atoms with Gasteiger partial charge in [0.25, 0.3) is 15.3 Å². The van der Waals surface area contributed by atoms with E-state index in [0.717, 1.165) is 5.92 Å². The van der Waals surface area contributed by atoms with E-state index in [-0.39, 0.29) is 0 Å². The maximum Gasteiger partial charge on any atom is 0.291 e. The van der Waals surface area contributed by atoms with Gasteiger partial charge in [0.1, 0.15) is 0 Å². The smallest absolute Gasteiger partial charge is 0.291 e. The minimum Gasteiger partial charge on any atom is -0.379 e. The first-order chi connectivity index (χ1) is 8.34. The number of nitrogens with zero attached hydrogens (tertiary/aromatic N) is 4. The number of hydrogen-bond donors (Lipinski definition) is 4. The van der Waals surface area contributed by atoms with E-state index in [4.69, 9.17) is 56.1 Å². The fraction of sp³-hybridized carbons (Fsp3) is 1.00. The first-order valence-corrected chi connectivity index (χ1v) is 3.81. The molecule has 0 aromatic heterocycles. The molecule has 0 aliphatic heterocycles. The summed E-state index contributed by atoms with van der Waals surface area (Å²) in [6.45, 7) is 6.50. The predicted molar refractivity (Wildman–Crippen MR) is 54.4 cm³/mol. The van der Waals surface area contributed by atoms with Crippen LogP contribution in [0.15, 0.2) is 5.34 Å². The van der Waals surface area contributed by atoms with Crippen LogP contribution in [0.5, 0.6) is 0 Å². The van der Waals surface area contributed by atoms with Crippen molar-refractivity contribution in [2.75, 3.05) is 0 Å². The lowest BCUT2D eigenvalue weighted by atomic mass is 10.3. The van der Waals surface area contributed by atoms with Crippen molar-refractivity contribution in [2.45, 2.75) is 20.8 Å². The van der Waals surface area contributed by atoms with E-state index in [1.54, 1.807) is 0 Å². The molecule has 0 bridgehead atoms. The van der Waals surface area contributed by atoms with Crippen molar-refractivity contribution in [1.29, 1.82) is 0 Å². The van der Waals surface area contributed by atoms with Gasteiger partial charge in [-0.3, -0.25) is 0 Å². The topological polar surface area (TPSA) is 240 Å². The van der Waals surface area contributed by atoms with Gasteiger partial charge in [-0.05, 0) is 5.92 Å². The summed E-state index contributed by atoms with van der Waals surface area (Å²) in [6, 6.07) is 0. The highest BCUT2D eigenvalue weighted by Gasteiger charge is 1.68. The van der Waals surface area contributed by atoms with Gasteiger partial charge < -0.3 is 20.8 Å². The SMILES string of the molecule is CC(C)C.O=NO.O=[N+]([O-])O.O=[N+]([O-])O.O=[N+]([O-])O. The highest BCUT2D eigenvalue weighted by atomic mass is 16.9. The first-order valence-electron chi connectivity index (χ1n) is 3.81. The Bertz CT molecular complexity index is 187. The molecule has 116 valence electrons. The van der Waals surface area contributed by atoms with Crippen molar-refractivity contribution >= 4 is 0 Å². The maximum atomic E-state index is 8.36. The average Bonchev–Trinajstić information content (AvgIpc) is 1.97. The Morgan fingerprint density at radius 3 is 0.842 bits per heavy atom. The maximum absolute atomic E-state index is 8.36. The van der Waals surface area contributed by atoms with Crippen molar-refractivity contribution in [1.82, 2.24) is 0 Å². The molecule has 0 atom stereocenters. The zero-order chi connectivity index (χ0) is 17.0. The molecule has 4 N–H and O–H groups in total. The van der Waals surface area contributed by atoms with E-state index in [1.807, 2.05) is 0 Å². The fourth-order valence-electron chi connectivity index (χ4n) is 0. The lowest BCUT2D eigenvalue weighted by Crippen LogP contribution is -1.81. The van der Waals surface area contributed by atoms with Gasteiger partial charge in [0.05, 0.1) is 0 Å². The first kappa shape index (κ1) is 29.8. The third-order valence-electron chi connectivity index (χ3n) is 0. The molecule has 15 heteroatoms. The minimum absolute atomic E-state index is 0.833. The van der Waals surface area contributed by atoms with Crippen molar-refractivity contribution in [3.05, 3.63) is 35.3 Å². The molecule has 0 radical (unpaired) electrons. The molecule has 0 heterocycles. The molecule has 15 nitrogen and oxygen atoms in total. The van der Waals surface area contributed by atoms with E-state index in [9.17, 15) is 0 Å². The lowest BCUT2D eigenvalue weighted by Gasteiger charge is -1.79. The molecule has 0 fully saturated rings. The van der Waals surface area contributed by atoms with Crippen LogP contribution in [0.3, 0.4) is 0 Å². The van der Waals surface area contributed by atoms with Crippen LogP contribution >= 0.6 is 0 Å². The van der Waals surface area contributed by atoms with Crippen LogP contribution in [0.25, 0.3) is 0 Å². The van der Waals surface area contributed by atoms with Crippen LogP contribution in [-0.4, -0.2) is 36.1 Å². The zero-order valence-corrected chi connectivity index (χ0v) is 10.0. The summed E-state index contributed by atoms with van der Waals surface area (Å²) in [5, 5.41) is 48.8. The van der Waals surface area contributed by atoms with Gasteiger partial charge in [-0.15, -0.1) is 35.3 Å². The van der Waals surface area contributed by atoms with Crippen LogP contribution in [0, 0.1) is 41.2 Å². The molecule has 0 rings (SSSR count). The van der Waals surface area contributed by atoms with Crippen molar-refractivity contribution in [3.63, 3.8) is 0 Å². The van der Waals surface area contributed by atoms with Crippen molar-refractivity contribution < 1.29 is 36.1 Å².